The number of benzene rings is 2. The summed E-state index contributed by atoms with van der Waals surface area (Å²) in [7, 11) is 0. The average molecular weight is 239 g/mol. The van der Waals surface area contributed by atoms with Gasteiger partial charge in [0.15, 0.2) is 6.29 Å². The van der Waals surface area contributed by atoms with Crippen LogP contribution >= 0.6 is 0 Å². The second-order valence-electron chi connectivity index (χ2n) is 3.90. The maximum Gasteiger partial charge on any atom is 0.214 e. The van der Waals surface area contributed by atoms with Gasteiger partial charge in [0.05, 0.1) is 12.2 Å². The fourth-order valence-electron chi connectivity index (χ4n) is 1.81. The van der Waals surface area contributed by atoms with E-state index in [-0.39, 0.29) is 0 Å². The number of hydrogen-bond donors (Lipinski definition) is 0. The molecular weight excluding hydrogens is 226 g/mol. The van der Waals surface area contributed by atoms with Gasteiger partial charge in [-0.05, 0) is 17.7 Å². The lowest BCUT2D eigenvalue weighted by Gasteiger charge is -2.19. The third-order valence-corrected chi connectivity index (χ3v) is 2.70. The molecule has 0 saturated carbocycles. The summed E-state index contributed by atoms with van der Waals surface area (Å²) in [4.78, 5) is 23.7. The molecule has 0 heterocycles. The minimum absolute atomic E-state index is 0.454. The van der Waals surface area contributed by atoms with E-state index in [1.54, 1.807) is 18.2 Å². The SMILES string of the molecule is O=Cc1ccccc1N(C=O)Cc1ccccc1. The van der Waals surface area contributed by atoms with Crippen molar-refractivity contribution in [1.82, 2.24) is 0 Å². The van der Waals surface area contributed by atoms with Crippen molar-refractivity contribution in [2.45, 2.75) is 6.54 Å². The van der Waals surface area contributed by atoms with Crippen molar-refractivity contribution in [1.29, 1.82) is 0 Å². The number of amides is 1. The Balaban J connectivity index is 2.28. The first-order valence-electron chi connectivity index (χ1n) is 5.65. The Morgan fingerprint density at radius 1 is 0.889 bits per heavy atom. The zero-order valence-corrected chi connectivity index (χ0v) is 9.82. The molecule has 3 heteroatoms. The quantitative estimate of drug-likeness (QED) is 0.752. The number of carbonyl (C=O) groups excluding carboxylic acids is 2. The molecule has 0 aliphatic rings. The van der Waals surface area contributed by atoms with Crippen LogP contribution in [0.5, 0.6) is 0 Å². The van der Waals surface area contributed by atoms with E-state index in [1.807, 2.05) is 36.4 Å². The summed E-state index contributed by atoms with van der Waals surface area (Å²) in [6.07, 6.45) is 1.51. The van der Waals surface area contributed by atoms with Crippen molar-refractivity contribution >= 4 is 18.4 Å². The lowest BCUT2D eigenvalue weighted by molar-refractivity contribution is -0.107. The molecule has 2 aromatic carbocycles. The lowest BCUT2D eigenvalue weighted by Crippen LogP contribution is -2.21. The lowest BCUT2D eigenvalue weighted by atomic mass is 10.1. The Kier molecular flexibility index (Phi) is 3.86. The van der Waals surface area contributed by atoms with Crippen LogP contribution in [0.15, 0.2) is 54.6 Å². The van der Waals surface area contributed by atoms with Gasteiger partial charge in [0, 0.05) is 5.56 Å². The Bertz CT molecular complexity index is 537. The molecule has 2 aromatic rings. The highest BCUT2D eigenvalue weighted by Gasteiger charge is 2.09. The topological polar surface area (TPSA) is 37.4 Å². The van der Waals surface area contributed by atoms with Gasteiger partial charge in [-0.1, -0.05) is 42.5 Å². The van der Waals surface area contributed by atoms with Crippen LogP contribution in [0, 0.1) is 0 Å². The van der Waals surface area contributed by atoms with Gasteiger partial charge in [-0.2, -0.15) is 0 Å². The van der Waals surface area contributed by atoms with E-state index in [9.17, 15) is 9.59 Å². The molecule has 18 heavy (non-hydrogen) atoms. The number of hydrogen-bond acceptors (Lipinski definition) is 2. The minimum atomic E-state index is 0.454. The summed E-state index contributed by atoms with van der Waals surface area (Å²) in [6.45, 7) is 0.454. The van der Waals surface area contributed by atoms with Crippen molar-refractivity contribution in [3.8, 4) is 0 Å². The summed E-state index contributed by atoms with van der Waals surface area (Å²) >= 11 is 0. The number of anilines is 1. The van der Waals surface area contributed by atoms with E-state index in [0.717, 1.165) is 18.3 Å². The molecule has 2 rings (SSSR count). The Hall–Kier alpha value is -2.42. The first-order valence-corrected chi connectivity index (χ1v) is 5.65. The van der Waals surface area contributed by atoms with Crippen molar-refractivity contribution in [3.63, 3.8) is 0 Å². The van der Waals surface area contributed by atoms with Gasteiger partial charge in [0.2, 0.25) is 6.41 Å². The highest BCUT2D eigenvalue weighted by Crippen LogP contribution is 2.19. The molecule has 0 bridgehead atoms. The van der Waals surface area contributed by atoms with Crippen LogP contribution in [0.2, 0.25) is 0 Å². The van der Waals surface area contributed by atoms with Crippen molar-refractivity contribution in [2.75, 3.05) is 4.90 Å². The molecule has 0 spiro atoms. The van der Waals surface area contributed by atoms with Gasteiger partial charge in [0.1, 0.15) is 0 Å². The van der Waals surface area contributed by atoms with Gasteiger partial charge in [-0.15, -0.1) is 0 Å². The molecule has 0 radical (unpaired) electrons. The van der Waals surface area contributed by atoms with Crippen molar-refractivity contribution in [3.05, 3.63) is 65.7 Å². The fourth-order valence-corrected chi connectivity index (χ4v) is 1.81. The summed E-state index contributed by atoms with van der Waals surface area (Å²) in [6, 6.07) is 16.7. The minimum Gasteiger partial charge on any atom is -0.310 e. The Labute approximate surface area is 106 Å². The summed E-state index contributed by atoms with van der Waals surface area (Å²) in [5, 5.41) is 0. The first-order chi connectivity index (χ1) is 8.85. The molecule has 90 valence electrons. The molecule has 0 atom stereocenters. The molecule has 0 aliphatic carbocycles. The molecular formula is C15H13NO2. The highest BCUT2D eigenvalue weighted by molar-refractivity contribution is 5.89. The van der Waals surface area contributed by atoms with Crippen LogP contribution in [0.4, 0.5) is 5.69 Å². The highest BCUT2D eigenvalue weighted by atomic mass is 16.1. The summed E-state index contributed by atoms with van der Waals surface area (Å²) in [5.74, 6) is 0. The number of nitrogens with zero attached hydrogens (tertiary/aromatic N) is 1. The van der Waals surface area contributed by atoms with Crippen LogP contribution in [0.1, 0.15) is 15.9 Å². The van der Waals surface area contributed by atoms with Crippen molar-refractivity contribution < 1.29 is 9.59 Å². The van der Waals surface area contributed by atoms with Gasteiger partial charge in [0.25, 0.3) is 0 Å². The molecule has 0 fully saturated rings. The third kappa shape index (κ3) is 2.63. The molecule has 0 saturated heterocycles. The van der Waals surface area contributed by atoms with Gasteiger partial charge >= 0.3 is 0 Å². The Morgan fingerprint density at radius 2 is 1.56 bits per heavy atom. The van der Waals surface area contributed by atoms with Crippen LogP contribution in [-0.4, -0.2) is 12.7 Å². The number of para-hydroxylation sites is 1. The predicted octanol–water partition coefficient (Wildman–Crippen LogP) is 2.66. The standard InChI is InChI=1S/C15H13NO2/c17-11-14-8-4-5-9-15(14)16(12-18)10-13-6-2-1-3-7-13/h1-9,11-12H,10H2. The number of carbonyl (C=O) groups is 2. The van der Waals surface area contributed by atoms with E-state index >= 15 is 0 Å². The monoisotopic (exact) mass is 239 g/mol. The van der Waals surface area contributed by atoms with Crippen LogP contribution in [0.25, 0.3) is 0 Å². The third-order valence-electron chi connectivity index (χ3n) is 2.70. The molecule has 0 aliphatic heterocycles. The van der Waals surface area contributed by atoms with E-state index in [1.165, 1.54) is 4.90 Å². The fraction of sp³-hybridized carbons (Fsp3) is 0.0667. The van der Waals surface area contributed by atoms with E-state index in [2.05, 4.69) is 0 Å². The van der Waals surface area contributed by atoms with E-state index in [4.69, 9.17) is 0 Å². The van der Waals surface area contributed by atoms with Crippen LogP contribution in [-0.2, 0) is 11.3 Å². The Morgan fingerprint density at radius 3 is 2.22 bits per heavy atom. The zero-order chi connectivity index (χ0) is 12.8. The molecule has 0 N–H and O–H groups in total. The van der Waals surface area contributed by atoms with Gasteiger partial charge in [-0.25, -0.2) is 0 Å². The maximum absolute atomic E-state index is 11.2. The van der Waals surface area contributed by atoms with Gasteiger partial charge in [-0.3, -0.25) is 9.59 Å². The molecule has 0 unspecified atom stereocenters. The van der Waals surface area contributed by atoms with Gasteiger partial charge < -0.3 is 4.90 Å². The second kappa shape index (κ2) is 5.77. The predicted molar refractivity (Wildman–Crippen MR) is 70.5 cm³/mol. The summed E-state index contributed by atoms with van der Waals surface area (Å²) in [5.41, 5.74) is 2.16. The molecule has 3 nitrogen and oxygen atoms in total. The maximum atomic E-state index is 11.2. The number of rotatable bonds is 5. The largest absolute Gasteiger partial charge is 0.310 e. The van der Waals surface area contributed by atoms with E-state index < -0.39 is 0 Å². The van der Waals surface area contributed by atoms with Crippen LogP contribution < -0.4 is 4.90 Å². The number of aldehydes is 1. The summed E-state index contributed by atoms with van der Waals surface area (Å²) < 4.78 is 0. The molecule has 1 amide bonds. The average Bonchev–Trinajstić information content (AvgIpc) is 2.46. The zero-order valence-electron chi connectivity index (χ0n) is 9.82. The molecule has 0 aromatic heterocycles. The van der Waals surface area contributed by atoms with E-state index in [0.29, 0.717) is 17.8 Å². The van der Waals surface area contributed by atoms with Crippen LogP contribution in [0.3, 0.4) is 0 Å². The van der Waals surface area contributed by atoms with Crippen molar-refractivity contribution in [2.24, 2.45) is 0 Å². The first kappa shape index (κ1) is 12.0. The second-order valence-corrected chi connectivity index (χ2v) is 3.90. The smallest absolute Gasteiger partial charge is 0.214 e. The normalized spacial score (nSPS) is 9.78.